The SMILES string of the molecule is c1ccc(S(c2ccccc2)(c2ccccc2)c2ccc3c(c2)c2cc(-n4c5ccccc5c5ccccc54)ccc2n3-c2cccc(S(c3ccccc3)(c3ccccc3)n3c4ccccc4c4ccccc43)c2)cc1. The van der Waals surface area contributed by atoms with Crippen molar-refractivity contribution < 1.29 is 0 Å². The van der Waals surface area contributed by atoms with Gasteiger partial charge in [0.25, 0.3) is 0 Å². The van der Waals surface area contributed by atoms with Gasteiger partial charge in [-0.3, -0.25) is 3.97 Å². The molecule has 5 heteroatoms. The highest BCUT2D eigenvalue weighted by Gasteiger charge is 2.37. The van der Waals surface area contributed by atoms with Gasteiger partial charge in [-0.25, -0.2) is 0 Å². The van der Waals surface area contributed by atoms with Crippen LogP contribution in [-0.4, -0.2) is 13.1 Å². The van der Waals surface area contributed by atoms with Crippen molar-refractivity contribution in [1.29, 1.82) is 0 Å². The molecule has 0 unspecified atom stereocenters. The van der Waals surface area contributed by atoms with E-state index in [-0.39, 0.29) is 0 Å². The number of benzene rings is 12. The Bertz CT molecular complexity index is 4430. The molecule has 366 valence electrons. The lowest BCUT2D eigenvalue weighted by molar-refractivity contribution is 1.14. The van der Waals surface area contributed by atoms with Gasteiger partial charge in [-0.15, -0.1) is 10.0 Å². The minimum absolute atomic E-state index is 1.11. The van der Waals surface area contributed by atoms with Crippen molar-refractivity contribution >= 4 is 85.7 Å². The maximum absolute atomic E-state index is 2.69. The highest BCUT2D eigenvalue weighted by molar-refractivity contribution is 8.34. The van der Waals surface area contributed by atoms with E-state index in [4.69, 9.17) is 0 Å². The quantitative estimate of drug-likeness (QED) is 0.130. The average molecular weight is 1020 g/mol. The molecule has 0 fully saturated rings. The van der Waals surface area contributed by atoms with Crippen LogP contribution in [0.1, 0.15) is 0 Å². The molecule has 0 spiro atoms. The fourth-order valence-electron chi connectivity index (χ4n) is 12.4. The fourth-order valence-corrected chi connectivity index (χ4v) is 20.4. The van der Waals surface area contributed by atoms with E-state index in [9.17, 15) is 0 Å². The third kappa shape index (κ3) is 6.81. The van der Waals surface area contributed by atoms with E-state index in [1.54, 1.807) is 0 Å². The highest BCUT2D eigenvalue weighted by Crippen LogP contribution is 2.74. The smallest absolute Gasteiger partial charge is 0.0598 e. The predicted molar refractivity (Wildman–Crippen MR) is 325 cm³/mol. The van der Waals surface area contributed by atoms with E-state index in [1.807, 2.05) is 0 Å². The molecule has 0 bridgehead atoms. The number of para-hydroxylation sites is 4. The van der Waals surface area contributed by atoms with Crippen molar-refractivity contribution in [1.82, 2.24) is 13.1 Å². The molecule has 0 N–H and O–H groups in total. The summed E-state index contributed by atoms with van der Waals surface area (Å²) in [5.41, 5.74) is 9.35. The summed E-state index contributed by atoms with van der Waals surface area (Å²) in [5.74, 6) is 0. The van der Waals surface area contributed by atoms with Gasteiger partial charge in [-0.2, -0.15) is 0 Å². The van der Waals surface area contributed by atoms with E-state index in [1.165, 1.54) is 88.7 Å². The van der Waals surface area contributed by atoms with Gasteiger partial charge < -0.3 is 9.13 Å². The van der Waals surface area contributed by atoms with Crippen LogP contribution in [0.5, 0.6) is 0 Å². The summed E-state index contributed by atoms with van der Waals surface area (Å²) >= 11 is 0. The first-order valence-corrected chi connectivity index (χ1v) is 29.5. The molecule has 3 heterocycles. The second-order valence-electron chi connectivity index (χ2n) is 19.7. The van der Waals surface area contributed by atoms with Crippen LogP contribution >= 0.6 is 20.2 Å². The lowest BCUT2D eigenvalue weighted by Crippen LogP contribution is -2.14. The van der Waals surface area contributed by atoms with Gasteiger partial charge in [-0.05, 0) is 140 Å². The van der Waals surface area contributed by atoms with Gasteiger partial charge in [0.05, 0.1) is 33.1 Å². The minimum Gasteiger partial charge on any atom is -0.309 e. The molecule has 12 aromatic carbocycles. The molecule has 15 aromatic rings. The first kappa shape index (κ1) is 45.2. The molecular formula is C72H51N3S2. The first-order valence-electron chi connectivity index (χ1n) is 26.3. The zero-order valence-electron chi connectivity index (χ0n) is 42.1. The maximum atomic E-state index is 2.69. The summed E-state index contributed by atoms with van der Waals surface area (Å²) in [6.45, 7) is 0. The third-order valence-corrected chi connectivity index (χ3v) is 23.3. The Balaban J connectivity index is 1.05. The standard InChI is InChI=1S/C72H51N3S2/c1-6-26-54(27-7-1)76(55-28-8-2-9-29-55,56-30-10-3-11-31-56)59-46-48-70-66(51-59)65-50-53(74-67-41-20-16-37-61(67)62-38-17-21-42-68(62)74)45-47-69(65)73(70)52-25-24-36-60(49-52)77(57-32-12-4-13-33-57,58-34-14-5-15-35-58)75-71-43-22-18-39-63(71)64-40-19-23-44-72(64)75/h1-51H. The van der Waals surface area contributed by atoms with E-state index in [0.29, 0.717) is 0 Å². The number of hydrogen-bond donors (Lipinski definition) is 0. The average Bonchev–Trinajstić information content (AvgIpc) is 4.19. The zero-order chi connectivity index (χ0) is 50.9. The van der Waals surface area contributed by atoms with Gasteiger partial charge in [0.1, 0.15) is 0 Å². The van der Waals surface area contributed by atoms with Crippen LogP contribution in [0.2, 0.25) is 0 Å². The summed E-state index contributed by atoms with van der Waals surface area (Å²) in [6.07, 6.45) is 0. The monoisotopic (exact) mass is 1020 g/mol. The lowest BCUT2D eigenvalue weighted by Gasteiger charge is -2.44. The van der Waals surface area contributed by atoms with E-state index >= 15 is 0 Å². The second-order valence-corrected chi connectivity index (χ2v) is 25.7. The summed E-state index contributed by atoms with van der Waals surface area (Å²) in [4.78, 5) is 8.94. The highest BCUT2D eigenvalue weighted by atomic mass is 32.3. The Labute approximate surface area is 450 Å². The summed E-state index contributed by atoms with van der Waals surface area (Å²) in [6, 6.07) is 116. The van der Waals surface area contributed by atoms with Gasteiger partial charge in [0.2, 0.25) is 0 Å². The van der Waals surface area contributed by atoms with E-state index in [0.717, 1.165) is 22.4 Å². The molecule has 0 amide bonds. The van der Waals surface area contributed by atoms with Crippen LogP contribution in [0.3, 0.4) is 0 Å². The Hall–Kier alpha value is -9.26. The molecule has 0 aliphatic heterocycles. The van der Waals surface area contributed by atoms with Crippen molar-refractivity contribution in [2.24, 2.45) is 0 Å². The normalized spacial score (nSPS) is 12.6. The van der Waals surface area contributed by atoms with E-state index < -0.39 is 20.2 Å². The van der Waals surface area contributed by atoms with Crippen LogP contribution in [-0.2, 0) is 0 Å². The molecule has 0 radical (unpaired) electrons. The first-order chi connectivity index (χ1) is 38.2. The van der Waals surface area contributed by atoms with Gasteiger partial charge in [-0.1, -0.05) is 180 Å². The van der Waals surface area contributed by atoms with Crippen LogP contribution < -0.4 is 0 Å². The Morgan fingerprint density at radius 1 is 0.195 bits per heavy atom. The summed E-state index contributed by atoms with van der Waals surface area (Å²) in [7, 11) is -4.23. The molecule has 77 heavy (non-hydrogen) atoms. The molecular weight excluding hydrogens is 971 g/mol. The molecule has 3 aromatic heterocycles. The van der Waals surface area contributed by atoms with Crippen molar-refractivity contribution in [2.45, 2.75) is 34.3 Å². The second kappa shape index (κ2) is 18.2. The topological polar surface area (TPSA) is 14.8 Å². The van der Waals surface area contributed by atoms with Crippen LogP contribution in [0.4, 0.5) is 0 Å². The molecule has 0 aliphatic rings. The Morgan fingerprint density at radius 2 is 0.532 bits per heavy atom. The van der Waals surface area contributed by atoms with Gasteiger partial charge in [0, 0.05) is 78.0 Å². The van der Waals surface area contributed by atoms with Crippen molar-refractivity contribution in [3.8, 4) is 11.4 Å². The largest absolute Gasteiger partial charge is 0.309 e. The number of rotatable bonds is 10. The summed E-state index contributed by atoms with van der Waals surface area (Å²) < 4.78 is 7.68. The van der Waals surface area contributed by atoms with Crippen LogP contribution in [0.15, 0.2) is 344 Å². The minimum atomic E-state index is -2.23. The van der Waals surface area contributed by atoms with Crippen LogP contribution in [0.25, 0.3) is 76.8 Å². The fraction of sp³-hybridized carbons (Fsp3) is 0. The lowest BCUT2D eigenvalue weighted by atomic mass is 10.1. The predicted octanol–water partition coefficient (Wildman–Crippen LogP) is 20.1. The molecule has 0 aliphatic carbocycles. The number of hydrogen-bond acceptors (Lipinski definition) is 0. The molecule has 15 rings (SSSR count). The molecule has 0 saturated heterocycles. The number of nitrogens with zero attached hydrogens (tertiary/aromatic N) is 3. The maximum Gasteiger partial charge on any atom is 0.0598 e. The van der Waals surface area contributed by atoms with Crippen LogP contribution in [0, 0.1) is 0 Å². The van der Waals surface area contributed by atoms with Crippen molar-refractivity contribution in [2.75, 3.05) is 0 Å². The number of aromatic nitrogens is 3. The van der Waals surface area contributed by atoms with Gasteiger partial charge >= 0.3 is 0 Å². The zero-order valence-corrected chi connectivity index (χ0v) is 43.7. The van der Waals surface area contributed by atoms with Crippen molar-refractivity contribution in [3.63, 3.8) is 0 Å². The summed E-state index contributed by atoms with van der Waals surface area (Å²) in [5, 5.41) is 7.40. The Morgan fingerprint density at radius 3 is 1.00 bits per heavy atom. The van der Waals surface area contributed by atoms with E-state index in [2.05, 4.69) is 322 Å². The molecule has 0 atom stereocenters. The molecule has 3 nitrogen and oxygen atoms in total. The molecule has 0 saturated carbocycles. The van der Waals surface area contributed by atoms with Gasteiger partial charge in [0.15, 0.2) is 0 Å². The number of fused-ring (bicyclic) bond motifs is 9. The Kier molecular flexibility index (Phi) is 10.7. The van der Waals surface area contributed by atoms with Crippen molar-refractivity contribution in [3.05, 3.63) is 309 Å². The third-order valence-electron chi connectivity index (χ3n) is 15.6.